The summed E-state index contributed by atoms with van der Waals surface area (Å²) in [5.41, 5.74) is -0.373. The molecule has 0 radical (unpaired) electrons. The van der Waals surface area contributed by atoms with E-state index in [1.165, 1.54) is 0 Å². The number of rotatable bonds is 8. The highest BCUT2D eigenvalue weighted by Crippen LogP contribution is 2.30. The van der Waals surface area contributed by atoms with Gasteiger partial charge in [0.25, 0.3) is 0 Å². The van der Waals surface area contributed by atoms with Crippen molar-refractivity contribution in [3.8, 4) is 0 Å². The first kappa shape index (κ1) is 20.7. The lowest BCUT2D eigenvalue weighted by Crippen LogP contribution is -2.41. The van der Waals surface area contributed by atoms with Crippen molar-refractivity contribution in [3.63, 3.8) is 0 Å². The number of carbonyl (C=O) groups is 2. The van der Waals surface area contributed by atoms with Gasteiger partial charge < -0.3 is 9.84 Å². The van der Waals surface area contributed by atoms with Crippen molar-refractivity contribution >= 4 is 45.2 Å². The van der Waals surface area contributed by atoms with Gasteiger partial charge in [0.1, 0.15) is 10.9 Å². The molecule has 134 valence electrons. The van der Waals surface area contributed by atoms with Crippen LogP contribution in [0.25, 0.3) is 0 Å². The highest BCUT2D eigenvalue weighted by Gasteiger charge is 2.31. The number of esters is 1. The van der Waals surface area contributed by atoms with Crippen molar-refractivity contribution in [3.05, 3.63) is 27.7 Å². The number of ether oxygens (including phenoxy) is 1. The fraction of sp³-hybridized carbons (Fsp3) is 0.429. The molecule has 0 fully saturated rings. The number of halogens is 2. The average molecular weight is 398 g/mol. The van der Waals surface area contributed by atoms with Crippen LogP contribution in [0.1, 0.15) is 36.5 Å². The number of carboxylic acid groups (broad SMARTS) is 1. The zero-order chi connectivity index (χ0) is 18.5. The largest absolute Gasteiger partial charge is 0.480 e. The summed E-state index contributed by atoms with van der Waals surface area (Å²) < 4.78 is 31.7. The number of benzene rings is 1. The summed E-state index contributed by atoms with van der Waals surface area (Å²) in [5.74, 6) is -2.28. The second-order valence-electron chi connectivity index (χ2n) is 4.91. The molecule has 0 saturated heterocycles. The predicted molar refractivity (Wildman–Crippen MR) is 89.1 cm³/mol. The van der Waals surface area contributed by atoms with Gasteiger partial charge in [0, 0.05) is 5.02 Å². The topological polar surface area (TPSA) is 110 Å². The first-order valence-electron chi connectivity index (χ1n) is 6.96. The summed E-state index contributed by atoms with van der Waals surface area (Å²) in [6.07, 6.45) is 1.31. The molecule has 0 aliphatic rings. The van der Waals surface area contributed by atoms with Gasteiger partial charge in [-0.2, -0.15) is 4.72 Å². The van der Waals surface area contributed by atoms with Crippen molar-refractivity contribution in [2.24, 2.45) is 0 Å². The second kappa shape index (κ2) is 8.66. The predicted octanol–water partition coefficient (Wildman–Crippen LogP) is 2.70. The van der Waals surface area contributed by atoms with Crippen LogP contribution in [0.15, 0.2) is 17.0 Å². The van der Waals surface area contributed by atoms with E-state index < -0.39 is 32.9 Å². The van der Waals surface area contributed by atoms with Gasteiger partial charge in [-0.15, -0.1) is 0 Å². The molecule has 10 heteroatoms. The standard InChI is InChI=1S/C14H17Cl2NO6S/c1-3-4-5-11(13(18)19)17-24(21,22)12-9(14(20)23-2)6-8(15)7-10(12)16/h6-7,11,17H,3-5H2,1-2H3,(H,18,19)/t11-/m0/s1. The molecule has 7 nitrogen and oxygen atoms in total. The van der Waals surface area contributed by atoms with Gasteiger partial charge in [-0.1, -0.05) is 43.0 Å². The average Bonchev–Trinajstić information content (AvgIpc) is 2.48. The van der Waals surface area contributed by atoms with Crippen LogP contribution in [-0.4, -0.2) is 38.6 Å². The molecule has 0 aliphatic carbocycles. The highest BCUT2D eigenvalue weighted by atomic mass is 35.5. The number of nitrogens with one attached hydrogen (secondary N) is 1. The highest BCUT2D eigenvalue weighted by molar-refractivity contribution is 7.89. The maximum Gasteiger partial charge on any atom is 0.339 e. The molecule has 0 heterocycles. The minimum Gasteiger partial charge on any atom is -0.480 e. The molecule has 0 aliphatic heterocycles. The normalized spacial score (nSPS) is 12.7. The molecule has 0 saturated carbocycles. The van der Waals surface area contributed by atoms with E-state index in [4.69, 9.17) is 23.2 Å². The quantitative estimate of drug-likeness (QED) is 0.652. The fourth-order valence-corrected chi connectivity index (χ4v) is 4.24. The summed E-state index contributed by atoms with van der Waals surface area (Å²) >= 11 is 11.7. The van der Waals surface area contributed by atoms with Crippen molar-refractivity contribution < 1.29 is 27.9 Å². The van der Waals surface area contributed by atoms with E-state index in [0.717, 1.165) is 19.2 Å². The number of hydrogen-bond donors (Lipinski definition) is 2. The number of carbonyl (C=O) groups excluding carboxylic acids is 1. The Morgan fingerprint density at radius 2 is 1.96 bits per heavy atom. The van der Waals surface area contributed by atoms with E-state index in [2.05, 4.69) is 9.46 Å². The molecule has 1 aromatic carbocycles. The summed E-state index contributed by atoms with van der Waals surface area (Å²) in [5, 5.41) is 8.91. The van der Waals surface area contributed by atoms with Crippen LogP contribution in [-0.2, 0) is 19.6 Å². The Kier molecular flexibility index (Phi) is 7.47. The summed E-state index contributed by atoms with van der Waals surface area (Å²) in [7, 11) is -3.32. The Morgan fingerprint density at radius 3 is 2.46 bits per heavy atom. The van der Waals surface area contributed by atoms with Gasteiger partial charge in [-0.3, -0.25) is 4.79 Å². The minimum atomic E-state index is -4.39. The van der Waals surface area contributed by atoms with Gasteiger partial charge in [0.05, 0.1) is 17.7 Å². The van der Waals surface area contributed by atoms with E-state index in [1.807, 2.05) is 6.92 Å². The Hall–Kier alpha value is -1.35. The Bertz CT molecular complexity index is 735. The van der Waals surface area contributed by atoms with Gasteiger partial charge in [-0.25, -0.2) is 13.2 Å². The van der Waals surface area contributed by atoms with E-state index in [-0.39, 0.29) is 22.0 Å². The molecule has 2 N–H and O–H groups in total. The molecule has 0 bridgehead atoms. The third-order valence-electron chi connectivity index (χ3n) is 3.12. The number of aliphatic carboxylic acids is 1. The van der Waals surface area contributed by atoms with Crippen molar-refractivity contribution in [1.82, 2.24) is 4.72 Å². The lowest BCUT2D eigenvalue weighted by Gasteiger charge is -2.17. The van der Waals surface area contributed by atoms with Crippen LogP contribution in [0.5, 0.6) is 0 Å². The van der Waals surface area contributed by atoms with Crippen LogP contribution in [0.4, 0.5) is 0 Å². The number of unbranched alkanes of at least 4 members (excludes halogenated alkanes) is 1. The van der Waals surface area contributed by atoms with Crippen LogP contribution < -0.4 is 4.72 Å². The molecule has 0 spiro atoms. The van der Waals surface area contributed by atoms with Crippen molar-refractivity contribution in [1.29, 1.82) is 0 Å². The molecule has 24 heavy (non-hydrogen) atoms. The summed E-state index contributed by atoms with van der Waals surface area (Å²) in [6.45, 7) is 1.85. The SMILES string of the molecule is CCCC[C@H](NS(=O)(=O)c1c(Cl)cc(Cl)cc1C(=O)OC)C(=O)O. The first-order chi connectivity index (χ1) is 11.1. The van der Waals surface area contributed by atoms with E-state index in [0.29, 0.717) is 12.8 Å². The fourth-order valence-electron chi connectivity index (χ4n) is 1.98. The van der Waals surface area contributed by atoms with Crippen molar-refractivity contribution in [2.45, 2.75) is 37.1 Å². The minimum absolute atomic E-state index is 0.0418. The number of hydrogen-bond acceptors (Lipinski definition) is 5. The van der Waals surface area contributed by atoms with Crippen LogP contribution in [0.2, 0.25) is 10.0 Å². The second-order valence-corrected chi connectivity index (χ2v) is 7.40. The van der Waals surface area contributed by atoms with Gasteiger partial charge >= 0.3 is 11.9 Å². The first-order valence-corrected chi connectivity index (χ1v) is 9.20. The molecule has 1 rings (SSSR count). The molecular formula is C14H17Cl2NO6S. The van der Waals surface area contributed by atoms with E-state index in [9.17, 15) is 23.1 Å². The molecule has 1 atom stereocenters. The maximum atomic E-state index is 12.6. The number of carboxylic acids is 1. The Balaban J connectivity index is 3.36. The number of methoxy groups -OCH3 is 1. The molecular weight excluding hydrogens is 381 g/mol. The lowest BCUT2D eigenvalue weighted by atomic mass is 10.1. The maximum absolute atomic E-state index is 12.6. The van der Waals surface area contributed by atoms with Crippen LogP contribution >= 0.6 is 23.2 Å². The third kappa shape index (κ3) is 5.07. The number of sulfonamides is 1. The van der Waals surface area contributed by atoms with Crippen LogP contribution in [0, 0.1) is 0 Å². The Morgan fingerprint density at radius 1 is 1.33 bits per heavy atom. The monoisotopic (exact) mass is 397 g/mol. The smallest absolute Gasteiger partial charge is 0.339 e. The molecule has 0 aromatic heterocycles. The molecule has 0 unspecified atom stereocenters. The Labute approximate surface area is 149 Å². The van der Waals surface area contributed by atoms with E-state index >= 15 is 0 Å². The zero-order valence-corrected chi connectivity index (χ0v) is 15.3. The van der Waals surface area contributed by atoms with Gasteiger partial charge in [0.2, 0.25) is 10.0 Å². The lowest BCUT2D eigenvalue weighted by molar-refractivity contribution is -0.139. The van der Waals surface area contributed by atoms with Gasteiger partial charge in [-0.05, 0) is 18.6 Å². The summed E-state index contributed by atoms with van der Waals surface area (Å²) in [4.78, 5) is 22.5. The third-order valence-corrected chi connectivity index (χ3v) is 5.32. The van der Waals surface area contributed by atoms with Crippen LogP contribution in [0.3, 0.4) is 0 Å². The van der Waals surface area contributed by atoms with Crippen molar-refractivity contribution in [2.75, 3.05) is 7.11 Å². The molecule has 1 aromatic rings. The summed E-state index contributed by atoms with van der Waals surface area (Å²) in [6, 6.07) is 0.897. The van der Waals surface area contributed by atoms with Gasteiger partial charge in [0.15, 0.2) is 0 Å². The molecule has 0 amide bonds. The van der Waals surface area contributed by atoms with E-state index in [1.54, 1.807) is 0 Å². The zero-order valence-electron chi connectivity index (χ0n) is 13.0.